The summed E-state index contributed by atoms with van der Waals surface area (Å²) in [5.74, 6) is 0.268. The number of rotatable bonds is 12. The minimum Gasteiger partial charge on any atom is -0.384 e. The molecule has 0 unspecified atom stereocenters. The standard InChI is InChI=1S/C40H46N4O3S2/c1-30-12-14-32(15-13-30)38-11-7-6-8-34(38)29-43-23-25-44(26-24-43)35-18-16-33(17-19-35)40(45)42-49(46,47)37-20-21-39(31(2)28-37)41-22-27-48-36-9-4-3-5-10-36/h4,8-21,28,41H,3,5-7,22-27,29H2,1-2H3,(H,42,45). The maximum atomic E-state index is 13.1. The zero-order chi connectivity index (χ0) is 34.2. The number of sulfonamides is 1. The molecule has 2 aliphatic carbocycles. The van der Waals surface area contributed by atoms with Crippen LogP contribution >= 0.6 is 11.8 Å². The zero-order valence-corrected chi connectivity index (χ0v) is 30.1. The molecule has 6 rings (SSSR count). The van der Waals surface area contributed by atoms with Crippen LogP contribution in [0.4, 0.5) is 11.4 Å². The van der Waals surface area contributed by atoms with E-state index < -0.39 is 15.9 Å². The highest BCUT2D eigenvalue weighted by molar-refractivity contribution is 8.03. The van der Waals surface area contributed by atoms with Crippen LogP contribution in [0, 0.1) is 13.8 Å². The van der Waals surface area contributed by atoms with Crippen molar-refractivity contribution < 1.29 is 13.2 Å². The molecule has 3 aromatic carbocycles. The number of carbonyl (C=O) groups is 1. The summed E-state index contributed by atoms with van der Waals surface area (Å²) < 4.78 is 28.5. The molecule has 0 saturated carbocycles. The first kappa shape index (κ1) is 34.8. The van der Waals surface area contributed by atoms with Crippen LogP contribution in [-0.4, -0.2) is 64.2 Å². The van der Waals surface area contributed by atoms with E-state index in [1.54, 1.807) is 24.3 Å². The molecule has 1 amide bonds. The highest BCUT2D eigenvalue weighted by Crippen LogP contribution is 2.30. The average Bonchev–Trinajstić information content (AvgIpc) is 3.12. The van der Waals surface area contributed by atoms with Crippen molar-refractivity contribution >= 4 is 44.6 Å². The quantitative estimate of drug-likeness (QED) is 0.188. The summed E-state index contributed by atoms with van der Waals surface area (Å²) in [5.41, 5.74) is 8.36. The maximum Gasteiger partial charge on any atom is 0.264 e. The molecular formula is C40H46N4O3S2. The summed E-state index contributed by atoms with van der Waals surface area (Å²) in [7, 11) is -4.03. The Balaban J connectivity index is 0.982. The first-order chi connectivity index (χ1) is 23.7. The molecule has 7 nitrogen and oxygen atoms in total. The summed E-state index contributed by atoms with van der Waals surface area (Å²) in [6.45, 7) is 9.35. The van der Waals surface area contributed by atoms with Crippen molar-refractivity contribution in [2.75, 3.05) is 55.2 Å². The molecule has 2 N–H and O–H groups in total. The molecular weight excluding hydrogens is 649 g/mol. The second-order valence-corrected chi connectivity index (χ2v) is 15.7. The van der Waals surface area contributed by atoms with Crippen molar-refractivity contribution in [3.8, 4) is 0 Å². The summed E-state index contributed by atoms with van der Waals surface area (Å²) in [6, 6.07) is 20.9. The van der Waals surface area contributed by atoms with Gasteiger partial charge in [-0.15, -0.1) is 11.8 Å². The second kappa shape index (κ2) is 16.1. The van der Waals surface area contributed by atoms with Crippen molar-refractivity contribution in [2.24, 2.45) is 0 Å². The highest BCUT2D eigenvalue weighted by Gasteiger charge is 2.22. The van der Waals surface area contributed by atoms with Crippen LogP contribution in [0.5, 0.6) is 0 Å². The smallest absolute Gasteiger partial charge is 0.264 e. The molecule has 0 bridgehead atoms. The van der Waals surface area contributed by atoms with Gasteiger partial charge in [0.2, 0.25) is 0 Å². The predicted molar refractivity (Wildman–Crippen MR) is 205 cm³/mol. The van der Waals surface area contributed by atoms with E-state index >= 15 is 0 Å². The normalized spacial score (nSPS) is 16.9. The van der Waals surface area contributed by atoms with E-state index in [1.807, 2.05) is 30.8 Å². The third kappa shape index (κ3) is 9.15. The lowest BCUT2D eigenvalue weighted by atomic mass is 9.91. The molecule has 1 aliphatic heterocycles. The Morgan fingerprint density at radius 3 is 2.29 bits per heavy atom. The lowest BCUT2D eigenvalue weighted by molar-refractivity contribution is 0.0981. The van der Waals surface area contributed by atoms with Gasteiger partial charge in [0.25, 0.3) is 15.9 Å². The number of hydrogen-bond acceptors (Lipinski definition) is 7. The van der Waals surface area contributed by atoms with E-state index in [4.69, 9.17) is 0 Å². The molecule has 0 aromatic heterocycles. The van der Waals surface area contributed by atoms with Gasteiger partial charge in [-0.05, 0) is 104 Å². The van der Waals surface area contributed by atoms with Gasteiger partial charge in [-0.3, -0.25) is 9.69 Å². The van der Waals surface area contributed by atoms with Gasteiger partial charge >= 0.3 is 0 Å². The molecule has 1 saturated heterocycles. The Labute approximate surface area is 295 Å². The summed E-state index contributed by atoms with van der Waals surface area (Å²) in [4.78, 5) is 19.2. The topological polar surface area (TPSA) is 81.8 Å². The minimum atomic E-state index is -4.03. The molecule has 0 radical (unpaired) electrons. The maximum absolute atomic E-state index is 13.1. The molecule has 3 aliphatic rings. The van der Waals surface area contributed by atoms with E-state index in [2.05, 4.69) is 81.4 Å². The number of hydrogen-bond donors (Lipinski definition) is 2. The third-order valence-electron chi connectivity index (χ3n) is 9.26. The largest absolute Gasteiger partial charge is 0.384 e. The van der Waals surface area contributed by atoms with Crippen LogP contribution in [0.25, 0.3) is 5.57 Å². The first-order valence-corrected chi connectivity index (χ1v) is 19.7. The van der Waals surface area contributed by atoms with Gasteiger partial charge in [-0.25, -0.2) is 13.1 Å². The Kier molecular flexibility index (Phi) is 11.4. The van der Waals surface area contributed by atoms with Crippen molar-refractivity contribution in [1.82, 2.24) is 9.62 Å². The molecule has 0 spiro atoms. The van der Waals surface area contributed by atoms with Gasteiger partial charge in [-0.1, -0.05) is 60.2 Å². The predicted octanol–water partition coefficient (Wildman–Crippen LogP) is 7.73. The van der Waals surface area contributed by atoms with Crippen LogP contribution in [0.15, 0.2) is 112 Å². The Morgan fingerprint density at radius 1 is 0.837 bits per heavy atom. The fourth-order valence-corrected chi connectivity index (χ4v) is 8.36. The highest BCUT2D eigenvalue weighted by atomic mass is 32.2. The van der Waals surface area contributed by atoms with Gasteiger partial charge < -0.3 is 10.2 Å². The Hall–Kier alpha value is -4.05. The Morgan fingerprint density at radius 2 is 1.57 bits per heavy atom. The van der Waals surface area contributed by atoms with Crippen LogP contribution in [-0.2, 0) is 10.0 Å². The molecule has 49 heavy (non-hydrogen) atoms. The number of piperazine rings is 1. The number of anilines is 2. The number of nitrogens with zero attached hydrogens (tertiary/aromatic N) is 2. The van der Waals surface area contributed by atoms with Crippen molar-refractivity contribution in [2.45, 2.75) is 44.4 Å². The van der Waals surface area contributed by atoms with Gasteiger partial charge in [0.1, 0.15) is 0 Å². The van der Waals surface area contributed by atoms with E-state index in [-0.39, 0.29) is 4.90 Å². The van der Waals surface area contributed by atoms with E-state index in [0.717, 1.165) is 87.6 Å². The summed E-state index contributed by atoms with van der Waals surface area (Å²) in [5, 5.41) is 3.39. The lowest BCUT2D eigenvalue weighted by Gasteiger charge is -2.37. The fraction of sp³-hybridized carbons (Fsp3) is 0.325. The lowest BCUT2D eigenvalue weighted by Crippen LogP contribution is -2.47. The van der Waals surface area contributed by atoms with Crippen LogP contribution in [0.3, 0.4) is 0 Å². The number of nitrogens with one attached hydrogen (secondary N) is 2. The van der Waals surface area contributed by atoms with Gasteiger partial charge in [0.05, 0.1) is 4.90 Å². The van der Waals surface area contributed by atoms with Gasteiger partial charge in [0, 0.05) is 66.9 Å². The second-order valence-electron chi connectivity index (χ2n) is 12.9. The molecule has 256 valence electrons. The number of carbonyl (C=O) groups excluding carboxylic acids is 1. The molecule has 3 aromatic rings. The van der Waals surface area contributed by atoms with E-state index in [0.29, 0.717) is 5.56 Å². The van der Waals surface area contributed by atoms with Gasteiger partial charge in [0.15, 0.2) is 0 Å². The fourth-order valence-electron chi connectivity index (χ4n) is 6.43. The first-order valence-electron chi connectivity index (χ1n) is 17.2. The number of aryl methyl sites for hydroxylation is 2. The average molecular weight is 695 g/mol. The Bertz CT molecular complexity index is 1870. The third-order valence-corrected chi connectivity index (χ3v) is 11.6. The number of thioether (sulfide) groups is 1. The van der Waals surface area contributed by atoms with E-state index in [9.17, 15) is 13.2 Å². The van der Waals surface area contributed by atoms with Crippen LogP contribution < -0.4 is 14.9 Å². The number of benzene rings is 3. The van der Waals surface area contributed by atoms with Crippen molar-refractivity contribution in [1.29, 1.82) is 0 Å². The summed E-state index contributed by atoms with van der Waals surface area (Å²) >= 11 is 1.81. The molecule has 1 fully saturated rings. The molecule has 0 atom stereocenters. The van der Waals surface area contributed by atoms with Crippen molar-refractivity contribution in [3.63, 3.8) is 0 Å². The molecule has 1 heterocycles. The monoisotopic (exact) mass is 694 g/mol. The zero-order valence-electron chi connectivity index (χ0n) is 28.5. The number of amides is 1. The van der Waals surface area contributed by atoms with Gasteiger partial charge in [-0.2, -0.15) is 0 Å². The van der Waals surface area contributed by atoms with Crippen LogP contribution in [0.1, 0.15) is 52.7 Å². The number of allylic oxidation sites excluding steroid dienone is 5. The molecule has 9 heteroatoms. The SMILES string of the molecule is Cc1ccc(C2=CCCC=C2CN2CCN(c3ccc(C(=O)NS(=O)(=O)c4ccc(NCCSC5=CCCC=C5)c(C)c4)cc3)CC2)cc1. The van der Waals surface area contributed by atoms with Crippen molar-refractivity contribution in [3.05, 3.63) is 130 Å². The van der Waals surface area contributed by atoms with Crippen LogP contribution in [0.2, 0.25) is 0 Å². The summed E-state index contributed by atoms with van der Waals surface area (Å²) in [6.07, 6.45) is 15.8. The van der Waals surface area contributed by atoms with E-state index in [1.165, 1.54) is 33.2 Å². The minimum absolute atomic E-state index is 0.0655.